The second-order valence-corrected chi connectivity index (χ2v) is 7.96. The van der Waals surface area contributed by atoms with E-state index in [4.69, 9.17) is 4.74 Å². The Labute approximate surface area is 165 Å². The fourth-order valence-corrected chi connectivity index (χ4v) is 3.29. The normalized spacial score (nSPS) is 21.4. The highest BCUT2D eigenvalue weighted by molar-refractivity contribution is 5.71. The van der Waals surface area contributed by atoms with Crippen molar-refractivity contribution in [3.8, 4) is 0 Å². The molecule has 0 aromatic carbocycles. The Kier molecular flexibility index (Phi) is 5.85. The average molecular weight is 382 g/mol. The SMILES string of the molecule is CC(C)(C)OC(=O)N[C@H]1CC[C@H](Nc2ccc(N3C=CC=CC3=C=O)cn2)C1. The van der Waals surface area contributed by atoms with E-state index in [1.165, 1.54) is 0 Å². The molecule has 1 amide bonds. The summed E-state index contributed by atoms with van der Waals surface area (Å²) in [4.78, 5) is 29.2. The largest absolute Gasteiger partial charge is 0.444 e. The molecule has 1 fully saturated rings. The smallest absolute Gasteiger partial charge is 0.407 e. The Hall–Kier alpha value is -3.05. The van der Waals surface area contributed by atoms with E-state index < -0.39 is 5.60 Å². The van der Waals surface area contributed by atoms with Gasteiger partial charge in [0.05, 0.1) is 11.9 Å². The van der Waals surface area contributed by atoms with Crippen molar-refractivity contribution in [3.05, 3.63) is 48.5 Å². The number of ether oxygens (including phenoxy) is 1. The predicted molar refractivity (Wildman–Crippen MR) is 109 cm³/mol. The maximum atomic E-state index is 11.9. The van der Waals surface area contributed by atoms with Crippen molar-refractivity contribution in [1.29, 1.82) is 0 Å². The van der Waals surface area contributed by atoms with Gasteiger partial charge in [-0.25, -0.2) is 14.6 Å². The molecule has 0 saturated heterocycles. The minimum atomic E-state index is -0.496. The molecule has 2 atom stereocenters. The Morgan fingerprint density at radius 2 is 2.04 bits per heavy atom. The van der Waals surface area contributed by atoms with Crippen LogP contribution in [-0.2, 0) is 9.53 Å². The predicted octanol–water partition coefficient (Wildman–Crippen LogP) is 3.54. The monoisotopic (exact) mass is 382 g/mol. The van der Waals surface area contributed by atoms with Gasteiger partial charge < -0.3 is 20.3 Å². The van der Waals surface area contributed by atoms with Crippen LogP contribution in [0, 0.1) is 0 Å². The van der Waals surface area contributed by atoms with Crippen LogP contribution in [0.2, 0.25) is 0 Å². The van der Waals surface area contributed by atoms with Crippen LogP contribution in [0.3, 0.4) is 0 Å². The Balaban J connectivity index is 1.53. The summed E-state index contributed by atoms with van der Waals surface area (Å²) in [6.07, 6.45) is 11.2. The Bertz CT molecular complexity index is 817. The molecule has 7 nitrogen and oxygen atoms in total. The van der Waals surface area contributed by atoms with Crippen molar-refractivity contribution >= 4 is 23.5 Å². The van der Waals surface area contributed by atoms with Crippen LogP contribution in [0.25, 0.3) is 0 Å². The minimum absolute atomic E-state index is 0.0946. The molecule has 1 aromatic heterocycles. The van der Waals surface area contributed by atoms with Crippen molar-refractivity contribution < 1.29 is 14.3 Å². The summed E-state index contributed by atoms with van der Waals surface area (Å²) < 4.78 is 5.31. The van der Waals surface area contributed by atoms with Gasteiger partial charge in [-0.05, 0) is 64.3 Å². The summed E-state index contributed by atoms with van der Waals surface area (Å²) in [6, 6.07) is 4.12. The molecule has 0 unspecified atom stereocenters. The molecule has 2 aliphatic rings. The highest BCUT2D eigenvalue weighted by Gasteiger charge is 2.27. The molecular weight excluding hydrogens is 356 g/mol. The van der Waals surface area contributed by atoms with E-state index in [9.17, 15) is 9.59 Å². The van der Waals surface area contributed by atoms with Gasteiger partial charge >= 0.3 is 6.09 Å². The van der Waals surface area contributed by atoms with Crippen LogP contribution < -0.4 is 15.5 Å². The molecule has 2 N–H and O–H groups in total. The fourth-order valence-electron chi connectivity index (χ4n) is 3.29. The number of allylic oxidation sites excluding steroid dienone is 3. The number of nitrogens with one attached hydrogen (secondary N) is 2. The highest BCUT2D eigenvalue weighted by atomic mass is 16.6. The molecule has 0 spiro atoms. The second-order valence-electron chi connectivity index (χ2n) is 7.96. The lowest BCUT2D eigenvalue weighted by Gasteiger charge is -2.22. The molecule has 1 saturated carbocycles. The van der Waals surface area contributed by atoms with E-state index in [0.717, 1.165) is 30.8 Å². The molecule has 3 rings (SSSR count). The molecule has 7 heteroatoms. The van der Waals surface area contributed by atoms with Crippen LogP contribution in [-0.4, -0.2) is 34.7 Å². The summed E-state index contributed by atoms with van der Waals surface area (Å²) in [5.74, 6) is 2.69. The number of alkyl carbamates (subject to hydrolysis) is 1. The first-order valence-electron chi connectivity index (χ1n) is 9.45. The number of rotatable bonds is 4. The van der Waals surface area contributed by atoms with Gasteiger partial charge in [-0.1, -0.05) is 6.08 Å². The summed E-state index contributed by atoms with van der Waals surface area (Å²) in [5, 5.41) is 6.34. The van der Waals surface area contributed by atoms with Gasteiger partial charge in [0.2, 0.25) is 0 Å². The molecule has 2 heterocycles. The van der Waals surface area contributed by atoms with E-state index in [0.29, 0.717) is 5.70 Å². The minimum Gasteiger partial charge on any atom is -0.444 e. The van der Waals surface area contributed by atoms with E-state index in [1.54, 1.807) is 29.4 Å². The number of anilines is 2. The molecule has 148 valence electrons. The standard InChI is InChI=1S/C21H26N4O3/c1-21(2,3)28-20(27)24-16-8-7-15(12-16)23-19-10-9-17(13-22-19)25-11-5-4-6-18(25)14-26/h4-6,9-11,13,15-16H,7-8,12H2,1-3H3,(H,22,23)(H,24,27)/t15-,16-/m0/s1. The van der Waals surface area contributed by atoms with E-state index >= 15 is 0 Å². The lowest BCUT2D eigenvalue weighted by molar-refractivity contribution is 0.0505. The maximum absolute atomic E-state index is 11.9. The maximum Gasteiger partial charge on any atom is 0.407 e. The zero-order valence-electron chi connectivity index (χ0n) is 16.4. The van der Waals surface area contributed by atoms with Gasteiger partial charge in [0.1, 0.15) is 17.1 Å². The summed E-state index contributed by atoms with van der Waals surface area (Å²) in [7, 11) is 0. The van der Waals surface area contributed by atoms with Gasteiger partial charge in [-0.2, -0.15) is 0 Å². The van der Waals surface area contributed by atoms with E-state index in [-0.39, 0.29) is 18.2 Å². The number of carbonyl (C=O) groups excluding carboxylic acids is 2. The van der Waals surface area contributed by atoms with Crippen LogP contribution in [0.15, 0.2) is 48.5 Å². The number of carbonyl (C=O) groups is 1. The highest BCUT2D eigenvalue weighted by Crippen LogP contribution is 2.25. The molecule has 1 aromatic rings. The van der Waals surface area contributed by atoms with Crippen molar-refractivity contribution in [3.63, 3.8) is 0 Å². The van der Waals surface area contributed by atoms with Crippen LogP contribution in [0.1, 0.15) is 40.0 Å². The molecule has 1 aliphatic heterocycles. The van der Waals surface area contributed by atoms with Crippen LogP contribution >= 0.6 is 0 Å². The number of amides is 1. The van der Waals surface area contributed by atoms with Crippen molar-refractivity contribution in [2.45, 2.75) is 57.7 Å². The summed E-state index contributed by atoms with van der Waals surface area (Å²) in [5.41, 5.74) is 0.738. The Morgan fingerprint density at radius 1 is 1.25 bits per heavy atom. The molecule has 0 bridgehead atoms. The third-order valence-corrected chi connectivity index (χ3v) is 4.50. The molecular formula is C21H26N4O3. The number of hydrogen-bond acceptors (Lipinski definition) is 6. The molecule has 28 heavy (non-hydrogen) atoms. The molecule has 0 radical (unpaired) electrons. The lowest BCUT2D eigenvalue weighted by Crippen LogP contribution is -2.38. The van der Waals surface area contributed by atoms with Gasteiger partial charge in [-0.3, -0.25) is 0 Å². The van der Waals surface area contributed by atoms with Gasteiger partial charge in [0.15, 0.2) is 5.94 Å². The van der Waals surface area contributed by atoms with Gasteiger partial charge in [0, 0.05) is 18.3 Å². The number of aromatic nitrogens is 1. The molecule has 1 aliphatic carbocycles. The first kappa shape index (κ1) is 19.7. The fraction of sp³-hybridized carbons (Fsp3) is 0.429. The van der Waals surface area contributed by atoms with Gasteiger partial charge in [-0.15, -0.1) is 0 Å². The topological polar surface area (TPSA) is 83.6 Å². The zero-order valence-corrected chi connectivity index (χ0v) is 16.4. The summed E-state index contributed by atoms with van der Waals surface area (Å²) in [6.45, 7) is 5.56. The average Bonchev–Trinajstić information content (AvgIpc) is 3.07. The van der Waals surface area contributed by atoms with Gasteiger partial charge in [0.25, 0.3) is 0 Å². The van der Waals surface area contributed by atoms with E-state index in [1.807, 2.05) is 44.9 Å². The van der Waals surface area contributed by atoms with E-state index in [2.05, 4.69) is 15.6 Å². The summed E-state index contributed by atoms with van der Waals surface area (Å²) >= 11 is 0. The van der Waals surface area contributed by atoms with Crippen molar-refractivity contribution in [2.75, 3.05) is 10.2 Å². The first-order valence-corrected chi connectivity index (χ1v) is 9.45. The van der Waals surface area contributed by atoms with Crippen molar-refractivity contribution in [1.82, 2.24) is 10.3 Å². The third-order valence-electron chi connectivity index (χ3n) is 4.50. The number of nitrogens with zero attached hydrogens (tertiary/aromatic N) is 2. The second kappa shape index (κ2) is 8.31. The number of pyridine rings is 1. The van der Waals surface area contributed by atoms with Crippen LogP contribution in [0.4, 0.5) is 16.3 Å². The number of hydrogen-bond donors (Lipinski definition) is 2. The van der Waals surface area contributed by atoms with Crippen molar-refractivity contribution in [2.24, 2.45) is 0 Å². The first-order chi connectivity index (χ1) is 13.3. The third kappa shape index (κ3) is 5.24. The Morgan fingerprint density at radius 3 is 2.71 bits per heavy atom. The lowest BCUT2D eigenvalue weighted by atomic mass is 10.2. The van der Waals surface area contributed by atoms with Crippen LogP contribution in [0.5, 0.6) is 0 Å². The zero-order chi connectivity index (χ0) is 20.1. The quantitative estimate of drug-likeness (QED) is 0.775.